The lowest BCUT2D eigenvalue weighted by Crippen LogP contribution is -2.07. The second-order valence-corrected chi connectivity index (χ2v) is 4.60. The maximum Gasteiger partial charge on any atom is 0.169 e. The third kappa shape index (κ3) is 2.90. The quantitative estimate of drug-likeness (QED) is 0.904. The number of furan rings is 1. The second-order valence-electron chi connectivity index (χ2n) is 3.82. The van der Waals surface area contributed by atoms with Crippen LogP contribution in [-0.4, -0.2) is 5.11 Å². The number of aliphatic hydroxyl groups is 1. The molecule has 0 saturated carbocycles. The van der Waals surface area contributed by atoms with E-state index in [1.54, 1.807) is 0 Å². The van der Waals surface area contributed by atoms with Crippen molar-refractivity contribution in [3.63, 3.8) is 0 Å². The SMILES string of the molecule is CC(Nc1ccccc1CO)c1ccc(Br)o1. The zero-order valence-electron chi connectivity index (χ0n) is 9.48. The fourth-order valence-corrected chi connectivity index (χ4v) is 1.98. The summed E-state index contributed by atoms with van der Waals surface area (Å²) in [4.78, 5) is 0. The van der Waals surface area contributed by atoms with Crippen LogP contribution in [0.1, 0.15) is 24.3 Å². The molecule has 0 aliphatic heterocycles. The number of aliphatic hydroxyl groups excluding tert-OH is 1. The standard InChI is InChI=1S/C13H14BrNO2/c1-9(12-6-7-13(14)17-12)15-11-5-3-2-4-10(11)8-16/h2-7,9,15-16H,8H2,1H3. The summed E-state index contributed by atoms with van der Waals surface area (Å²) in [5.74, 6) is 0.851. The van der Waals surface area contributed by atoms with E-state index in [2.05, 4.69) is 21.2 Å². The number of hydrogen-bond donors (Lipinski definition) is 2. The number of para-hydroxylation sites is 1. The van der Waals surface area contributed by atoms with Gasteiger partial charge in [0.1, 0.15) is 5.76 Å². The summed E-state index contributed by atoms with van der Waals surface area (Å²) in [5.41, 5.74) is 1.81. The van der Waals surface area contributed by atoms with Gasteiger partial charge in [-0.05, 0) is 41.1 Å². The number of hydrogen-bond acceptors (Lipinski definition) is 3. The van der Waals surface area contributed by atoms with Crippen molar-refractivity contribution in [2.45, 2.75) is 19.6 Å². The van der Waals surface area contributed by atoms with E-state index in [0.29, 0.717) is 0 Å². The monoisotopic (exact) mass is 295 g/mol. The molecule has 2 aromatic rings. The summed E-state index contributed by atoms with van der Waals surface area (Å²) < 4.78 is 6.20. The van der Waals surface area contributed by atoms with E-state index < -0.39 is 0 Å². The molecule has 0 aliphatic carbocycles. The molecule has 0 spiro atoms. The van der Waals surface area contributed by atoms with Gasteiger partial charge in [-0.3, -0.25) is 0 Å². The fourth-order valence-electron chi connectivity index (χ4n) is 1.66. The van der Waals surface area contributed by atoms with Crippen LogP contribution in [0.5, 0.6) is 0 Å². The summed E-state index contributed by atoms with van der Waals surface area (Å²) in [6.45, 7) is 2.04. The molecular formula is C13H14BrNO2. The van der Waals surface area contributed by atoms with Crippen LogP contribution >= 0.6 is 15.9 Å². The lowest BCUT2D eigenvalue weighted by atomic mass is 10.1. The Labute approximate surface area is 109 Å². The van der Waals surface area contributed by atoms with Gasteiger partial charge in [-0.1, -0.05) is 18.2 Å². The van der Waals surface area contributed by atoms with Crippen molar-refractivity contribution in [1.82, 2.24) is 0 Å². The van der Waals surface area contributed by atoms with Gasteiger partial charge in [0.2, 0.25) is 0 Å². The van der Waals surface area contributed by atoms with Gasteiger partial charge in [0.05, 0.1) is 12.6 Å². The Hall–Kier alpha value is -1.26. The second kappa shape index (κ2) is 5.38. The average molecular weight is 296 g/mol. The van der Waals surface area contributed by atoms with Crippen molar-refractivity contribution < 1.29 is 9.52 Å². The molecule has 0 radical (unpaired) electrons. The first kappa shape index (κ1) is 12.2. The molecule has 0 fully saturated rings. The third-order valence-corrected chi connectivity index (χ3v) is 3.01. The first-order valence-corrected chi connectivity index (χ1v) is 6.20. The first-order valence-electron chi connectivity index (χ1n) is 5.41. The summed E-state index contributed by atoms with van der Waals surface area (Å²) in [7, 11) is 0. The topological polar surface area (TPSA) is 45.4 Å². The van der Waals surface area contributed by atoms with Crippen LogP contribution in [0.3, 0.4) is 0 Å². The first-order chi connectivity index (χ1) is 8.20. The predicted molar refractivity (Wildman–Crippen MR) is 70.8 cm³/mol. The molecule has 1 unspecified atom stereocenters. The molecule has 0 aliphatic rings. The number of rotatable bonds is 4. The van der Waals surface area contributed by atoms with E-state index in [0.717, 1.165) is 21.7 Å². The Bertz CT molecular complexity index is 496. The highest BCUT2D eigenvalue weighted by Crippen LogP contribution is 2.25. The van der Waals surface area contributed by atoms with Gasteiger partial charge in [-0.15, -0.1) is 0 Å². The van der Waals surface area contributed by atoms with Crippen LogP contribution in [0.4, 0.5) is 5.69 Å². The van der Waals surface area contributed by atoms with E-state index in [9.17, 15) is 5.11 Å². The maximum atomic E-state index is 9.24. The molecule has 90 valence electrons. The minimum absolute atomic E-state index is 0.0255. The van der Waals surface area contributed by atoms with E-state index in [1.807, 2.05) is 43.3 Å². The van der Waals surface area contributed by atoms with Crippen LogP contribution in [0.15, 0.2) is 45.5 Å². The molecule has 2 N–H and O–H groups in total. The summed E-state index contributed by atoms with van der Waals surface area (Å²) >= 11 is 3.28. The zero-order valence-corrected chi connectivity index (χ0v) is 11.1. The normalized spacial score (nSPS) is 12.4. The molecule has 17 heavy (non-hydrogen) atoms. The van der Waals surface area contributed by atoms with Crippen molar-refractivity contribution in [3.05, 3.63) is 52.4 Å². The predicted octanol–water partition coefficient (Wildman–Crippen LogP) is 3.71. The van der Waals surface area contributed by atoms with Crippen molar-refractivity contribution in [1.29, 1.82) is 0 Å². The van der Waals surface area contributed by atoms with Gasteiger partial charge in [0.25, 0.3) is 0 Å². The molecule has 1 aromatic carbocycles. The lowest BCUT2D eigenvalue weighted by molar-refractivity contribution is 0.282. The van der Waals surface area contributed by atoms with Gasteiger partial charge in [-0.2, -0.15) is 0 Å². The van der Waals surface area contributed by atoms with Crippen LogP contribution < -0.4 is 5.32 Å². The fraction of sp³-hybridized carbons (Fsp3) is 0.231. The van der Waals surface area contributed by atoms with E-state index in [-0.39, 0.29) is 12.6 Å². The summed E-state index contributed by atoms with van der Waals surface area (Å²) in [6, 6.07) is 11.5. The molecular weight excluding hydrogens is 282 g/mol. The van der Waals surface area contributed by atoms with Crippen molar-refractivity contribution in [2.24, 2.45) is 0 Å². The third-order valence-electron chi connectivity index (χ3n) is 2.58. The highest BCUT2D eigenvalue weighted by Gasteiger charge is 2.11. The van der Waals surface area contributed by atoms with Crippen molar-refractivity contribution >= 4 is 21.6 Å². The Morgan fingerprint density at radius 1 is 1.29 bits per heavy atom. The molecule has 0 bridgehead atoms. The minimum atomic E-state index is 0.0255. The van der Waals surface area contributed by atoms with Crippen molar-refractivity contribution in [2.75, 3.05) is 5.32 Å². The van der Waals surface area contributed by atoms with E-state index >= 15 is 0 Å². The Kier molecular flexibility index (Phi) is 3.86. The Morgan fingerprint density at radius 3 is 2.71 bits per heavy atom. The molecule has 3 nitrogen and oxygen atoms in total. The van der Waals surface area contributed by atoms with Gasteiger partial charge in [0.15, 0.2) is 4.67 Å². The van der Waals surface area contributed by atoms with Gasteiger partial charge < -0.3 is 14.8 Å². The average Bonchev–Trinajstić information content (AvgIpc) is 2.77. The molecule has 1 aromatic heterocycles. The van der Waals surface area contributed by atoms with Crippen LogP contribution in [0.2, 0.25) is 0 Å². The molecule has 0 amide bonds. The lowest BCUT2D eigenvalue weighted by Gasteiger charge is -2.15. The number of benzene rings is 1. The van der Waals surface area contributed by atoms with Crippen molar-refractivity contribution in [3.8, 4) is 0 Å². The van der Waals surface area contributed by atoms with Crippen LogP contribution in [0.25, 0.3) is 0 Å². The van der Waals surface area contributed by atoms with E-state index in [4.69, 9.17) is 4.42 Å². The largest absolute Gasteiger partial charge is 0.452 e. The maximum absolute atomic E-state index is 9.24. The minimum Gasteiger partial charge on any atom is -0.452 e. The molecule has 1 heterocycles. The van der Waals surface area contributed by atoms with Gasteiger partial charge in [-0.25, -0.2) is 0 Å². The Morgan fingerprint density at radius 2 is 2.06 bits per heavy atom. The molecule has 2 rings (SSSR count). The highest BCUT2D eigenvalue weighted by atomic mass is 79.9. The van der Waals surface area contributed by atoms with Crippen LogP contribution in [-0.2, 0) is 6.61 Å². The highest BCUT2D eigenvalue weighted by molar-refractivity contribution is 9.10. The van der Waals surface area contributed by atoms with E-state index in [1.165, 1.54) is 0 Å². The van der Waals surface area contributed by atoms with Gasteiger partial charge in [0, 0.05) is 11.3 Å². The number of nitrogens with one attached hydrogen (secondary N) is 1. The van der Waals surface area contributed by atoms with Crippen LogP contribution in [0, 0.1) is 0 Å². The number of anilines is 1. The smallest absolute Gasteiger partial charge is 0.169 e. The summed E-state index contributed by atoms with van der Waals surface area (Å²) in [6.07, 6.45) is 0. The molecule has 1 atom stereocenters. The zero-order chi connectivity index (χ0) is 12.3. The molecule has 4 heteroatoms. The summed E-state index contributed by atoms with van der Waals surface area (Å²) in [5, 5.41) is 12.6. The number of halogens is 1. The van der Waals surface area contributed by atoms with Gasteiger partial charge >= 0.3 is 0 Å². The molecule has 0 saturated heterocycles. The Balaban J connectivity index is 2.15.